The summed E-state index contributed by atoms with van der Waals surface area (Å²) in [6.07, 6.45) is 14.4. The molecule has 0 radical (unpaired) electrons. The summed E-state index contributed by atoms with van der Waals surface area (Å²) >= 11 is 0. The van der Waals surface area contributed by atoms with E-state index in [0.717, 1.165) is 84.1 Å². The number of para-hydroxylation sites is 4. The van der Waals surface area contributed by atoms with Crippen LogP contribution in [0, 0.1) is 0 Å². The van der Waals surface area contributed by atoms with Crippen LogP contribution < -0.4 is 9.80 Å². The van der Waals surface area contributed by atoms with Gasteiger partial charge in [0, 0.05) is 83.1 Å². The highest BCUT2D eigenvalue weighted by Gasteiger charge is 2.50. The minimum absolute atomic E-state index is 0.584. The summed E-state index contributed by atoms with van der Waals surface area (Å²) in [4.78, 5) is 18.8. The van der Waals surface area contributed by atoms with Gasteiger partial charge in [-0.1, -0.05) is 146 Å². The Balaban J connectivity index is 1.34. The van der Waals surface area contributed by atoms with Gasteiger partial charge in [0.05, 0.1) is 5.70 Å². The van der Waals surface area contributed by atoms with Crippen molar-refractivity contribution >= 4 is 33.9 Å². The van der Waals surface area contributed by atoms with E-state index in [2.05, 4.69) is 243 Å². The van der Waals surface area contributed by atoms with Gasteiger partial charge in [0.15, 0.2) is 0 Å². The smallest absolute Gasteiger partial charge is 0.115 e. The molecule has 10 aromatic rings. The van der Waals surface area contributed by atoms with E-state index >= 15 is 0 Å². The summed E-state index contributed by atoms with van der Waals surface area (Å²) in [5.74, 6) is 0. The van der Waals surface area contributed by atoms with Crippen LogP contribution in [0.5, 0.6) is 0 Å². The van der Waals surface area contributed by atoms with E-state index in [1.165, 1.54) is 5.57 Å². The van der Waals surface area contributed by atoms with E-state index in [9.17, 15) is 0 Å². The second kappa shape index (κ2) is 18.9. The van der Waals surface area contributed by atoms with Gasteiger partial charge in [0.1, 0.15) is 5.54 Å². The Morgan fingerprint density at radius 2 is 0.735 bits per heavy atom. The molecule has 0 bridgehead atoms. The first-order valence-electron chi connectivity index (χ1n) is 23.0. The van der Waals surface area contributed by atoms with Gasteiger partial charge in [-0.25, -0.2) is 0 Å². The van der Waals surface area contributed by atoms with E-state index in [1.54, 1.807) is 0 Å². The molecule has 5 heteroatoms. The molecule has 1 aliphatic rings. The van der Waals surface area contributed by atoms with E-state index in [4.69, 9.17) is 0 Å². The topological polar surface area (TPSA) is 45.2 Å². The molecular formula is C63H47N5. The third kappa shape index (κ3) is 8.18. The third-order valence-corrected chi connectivity index (χ3v) is 12.8. The van der Waals surface area contributed by atoms with E-state index in [-0.39, 0.29) is 0 Å². The highest BCUT2D eigenvalue weighted by atomic mass is 15.3. The van der Waals surface area contributed by atoms with Crippen LogP contribution in [-0.4, -0.2) is 15.0 Å². The van der Waals surface area contributed by atoms with Crippen LogP contribution in [0.4, 0.5) is 22.7 Å². The second-order valence-corrected chi connectivity index (χ2v) is 16.9. The molecule has 3 aromatic heterocycles. The summed E-state index contributed by atoms with van der Waals surface area (Å²) in [7, 11) is 0. The molecule has 0 spiro atoms. The summed E-state index contributed by atoms with van der Waals surface area (Å²) < 4.78 is 0. The standard InChI is InChI=1S/C63H47N5/c1-5-28-57(29-6-1)67(58-30-7-2-8-31-58)62-61(51-23-14-20-48(40-51)53-25-17-37-65-45-53)42-55(49-21-13-19-47(39-49)52-24-16-36-64-44-52)43-63(62,56-27-15-22-50(41-56)54-26-18-38-66-46-54)68(59-32-9-3-10-33-59)60-34-11-4-12-35-60/h1-42,44-46H,43H2. The Morgan fingerprint density at radius 1 is 0.338 bits per heavy atom. The molecule has 11 rings (SSSR count). The van der Waals surface area contributed by atoms with Crippen molar-refractivity contribution in [3.63, 3.8) is 0 Å². The summed E-state index contributed by atoms with van der Waals surface area (Å²) in [6, 6.07) is 82.9. The number of allylic oxidation sites excluding steroid dienone is 2. The molecule has 5 nitrogen and oxygen atoms in total. The molecule has 0 N–H and O–H groups in total. The van der Waals surface area contributed by atoms with Crippen LogP contribution in [0.25, 0.3) is 44.5 Å². The Kier molecular flexibility index (Phi) is 11.6. The van der Waals surface area contributed by atoms with Crippen molar-refractivity contribution in [3.8, 4) is 33.4 Å². The zero-order chi connectivity index (χ0) is 45.5. The van der Waals surface area contributed by atoms with Crippen molar-refractivity contribution in [2.24, 2.45) is 0 Å². The number of rotatable bonds is 12. The first-order valence-corrected chi connectivity index (χ1v) is 23.0. The first-order chi connectivity index (χ1) is 33.7. The number of hydrogen-bond donors (Lipinski definition) is 0. The summed E-state index contributed by atoms with van der Waals surface area (Å²) in [5.41, 5.74) is 16.4. The lowest BCUT2D eigenvalue weighted by Gasteiger charge is -2.53. The van der Waals surface area contributed by atoms with Crippen LogP contribution in [0.15, 0.2) is 279 Å². The largest absolute Gasteiger partial charge is 0.325 e. The molecule has 1 aliphatic carbocycles. The van der Waals surface area contributed by atoms with Gasteiger partial charge in [-0.2, -0.15) is 0 Å². The van der Waals surface area contributed by atoms with Crippen LogP contribution in [0.1, 0.15) is 23.1 Å². The lowest BCUT2D eigenvalue weighted by molar-refractivity contribution is 0.514. The van der Waals surface area contributed by atoms with Gasteiger partial charge in [-0.15, -0.1) is 0 Å². The minimum atomic E-state index is -0.958. The van der Waals surface area contributed by atoms with Crippen LogP contribution in [-0.2, 0) is 5.54 Å². The zero-order valence-corrected chi connectivity index (χ0v) is 37.4. The SMILES string of the molecule is C1=C(c2cccc(-c3cccnc3)c2)CC(c2cccc(-c3cccnc3)c2)(N(c2ccccc2)c2ccccc2)C(N(c2ccccc2)c2ccccc2)=C1c1cccc(-c2cccnc2)c1. The number of benzene rings is 7. The Morgan fingerprint density at radius 3 is 1.21 bits per heavy atom. The lowest BCUT2D eigenvalue weighted by Crippen LogP contribution is -2.51. The minimum Gasteiger partial charge on any atom is -0.325 e. The number of hydrogen-bond acceptors (Lipinski definition) is 5. The highest BCUT2D eigenvalue weighted by Crippen LogP contribution is 2.57. The molecule has 7 aromatic carbocycles. The Labute approximate surface area is 398 Å². The maximum absolute atomic E-state index is 4.60. The van der Waals surface area contributed by atoms with Gasteiger partial charge in [-0.05, 0) is 136 Å². The second-order valence-electron chi connectivity index (χ2n) is 16.9. The van der Waals surface area contributed by atoms with Crippen molar-refractivity contribution in [1.82, 2.24) is 15.0 Å². The zero-order valence-electron chi connectivity index (χ0n) is 37.4. The van der Waals surface area contributed by atoms with Crippen molar-refractivity contribution in [1.29, 1.82) is 0 Å². The van der Waals surface area contributed by atoms with Gasteiger partial charge in [0.25, 0.3) is 0 Å². The Hall–Kier alpha value is -8.93. The molecule has 0 saturated carbocycles. The predicted octanol–water partition coefficient (Wildman–Crippen LogP) is 15.6. The van der Waals surface area contributed by atoms with Crippen LogP contribution in [0.2, 0.25) is 0 Å². The lowest BCUT2D eigenvalue weighted by atomic mass is 9.70. The number of anilines is 4. The third-order valence-electron chi connectivity index (χ3n) is 12.8. The fourth-order valence-corrected chi connectivity index (χ4v) is 9.77. The summed E-state index contributed by atoms with van der Waals surface area (Å²) in [6.45, 7) is 0. The summed E-state index contributed by atoms with van der Waals surface area (Å²) in [5, 5.41) is 0. The fourth-order valence-electron chi connectivity index (χ4n) is 9.77. The molecule has 0 saturated heterocycles. The fraction of sp³-hybridized carbons (Fsp3) is 0.0317. The van der Waals surface area contributed by atoms with Crippen LogP contribution >= 0.6 is 0 Å². The van der Waals surface area contributed by atoms with Crippen molar-refractivity contribution in [2.45, 2.75) is 12.0 Å². The molecule has 0 aliphatic heterocycles. The molecule has 0 fully saturated rings. The molecule has 3 heterocycles. The van der Waals surface area contributed by atoms with Crippen LogP contribution in [0.3, 0.4) is 0 Å². The number of nitrogens with zero attached hydrogens (tertiary/aromatic N) is 5. The Bertz CT molecular complexity index is 3270. The van der Waals surface area contributed by atoms with Crippen molar-refractivity contribution in [2.75, 3.05) is 9.80 Å². The van der Waals surface area contributed by atoms with Gasteiger partial charge in [-0.3, -0.25) is 15.0 Å². The molecule has 324 valence electrons. The van der Waals surface area contributed by atoms with Gasteiger partial charge in [0.2, 0.25) is 0 Å². The van der Waals surface area contributed by atoms with Gasteiger partial charge >= 0.3 is 0 Å². The van der Waals surface area contributed by atoms with Crippen molar-refractivity contribution < 1.29 is 0 Å². The van der Waals surface area contributed by atoms with E-state index in [1.807, 2.05) is 55.4 Å². The van der Waals surface area contributed by atoms with E-state index in [0.29, 0.717) is 6.42 Å². The normalized spacial score (nSPS) is 14.5. The van der Waals surface area contributed by atoms with Gasteiger partial charge < -0.3 is 9.80 Å². The maximum atomic E-state index is 4.60. The molecule has 68 heavy (non-hydrogen) atoms. The molecule has 1 unspecified atom stereocenters. The number of pyridine rings is 3. The first kappa shape index (κ1) is 41.8. The molecule has 1 atom stereocenters. The predicted molar refractivity (Wildman–Crippen MR) is 280 cm³/mol. The monoisotopic (exact) mass is 873 g/mol. The molecule has 0 amide bonds. The highest BCUT2D eigenvalue weighted by molar-refractivity contribution is 5.97. The number of aromatic nitrogens is 3. The van der Waals surface area contributed by atoms with E-state index < -0.39 is 5.54 Å². The average Bonchev–Trinajstić information content (AvgIpc) is 3.43. The average molecular weight is 874 g/mol. The quantitative estimate of drug-likeness (QED) is 0.122. The molecular weight excluding hydrogens is 827 g/mol. The maximum Gasteiger partial charge on any atom is 0.115 e. The van der Waals surface area contributed by atoms with Crippen molar-refractivity contribution in [3.05, 3.63) is 296 Å².